The third-order valence-corrected chi connectivity index (χ3v) is 3.92. The van der Waals surface area contributed by atoms with Gasteiger partial charge < -0.3 is 4.74 Å². The zero-order valence-electron chi connectivity index (χ0n) is 10.9. The van der Waals surface area contributed by atoms with Crippen LogP contribution in [0.3, 0.4) is 0 Å². The van der Waals surface area contributed by atoms with Crippen LogP contribution in [0.15, 0.2) is 18.2 Å². The number of halogens is 1. The molecule has 1 aliphatic rings. The standard InChI is InChI=1S/C14H21ClN2O/c1-3-18-14(10-6-7-10)13(17-16)11-5-4-9(2)12(15)8-11/h4-5,8,10,13-14,17H,3,6-7,16H2,1-2H3. The zero-order valence-corrected chi connectivity index (χ0v) is 11.7. The highest BCUT2D eigenvalue weighted by Gasteiger charge is 2.37. The third-order valence-electron chi connectivity index (χ3n) is 3.51. The Morgan fingerprint density at radius 3 is 2.72 bits per heavy atom. The third kappa shape index (κ3) is 3.04. The van der Waals surface area contributed by atoms with Gasteiger partial charge in [0.1, 0.15) is 0 Å². The van der Waals surface area contributed by atoms with Crippen molar-refractivity contribution in [3.63, 3.8) is 0 Å². The van der Waals surface area contributed by atoms with E-state index in [1.807, 2.05) is 26.0 Å². The lowest BCUT2D eigenvalue weighted by molar-refractivity contribution is 0.0185. The molecule has 0 saturated heterocycles. The molecule has 2 atom stereocenters. The highest BCUT2D eigenvalue weighted by atomic mass is 35.5. The number of nitrogens with one attached hydrogen (secondary N) is 1. The summed E-state index contributed by atoms with van der Waals surface area (Å²) in [5.41, 5.74) is 5.06. The minimum atomic E-state index is 0.00977. The van der Waals surface area contributed by atoms with E-state index in [1.165, 1.54) is 12.8 Å². The van der Waals surface area contributed by atoms with Gasteiger partial charge in [-0.2, -0.15) is 0 Å². The van der Waals surface area contributed by atoms with E-state index in [-0.39, 0.29) is 12.1 Å². The molecule has 0 heterocycles. The van der Waals surface area contributed by atoms with Crippen LogP contribution in [0.1, 0.15) is 36.9 Å². The van der Waals surface area contributed by atoms with Gasteiger partial charge >= 0.3 is 0 Å². The number of aryl methyl sites for hydroxylation is 1. The largest absolute Gasteiger partial charge is 0.376 e. The van der Waals surface area contributed by atoms with E-state index in [0.717, 1.165) is 16.1 Å². The van der Waals surface area contributed by atoms with Gasteiger partial charge in [0.15, 0.2) is 0 Å². The number of nitrogens with two attached hydrogens (primary N) is 1. The summed E-state index contributed by atoms with van der Waals surface area (Å²) in [7, 11) is 0. The van der Waals surface area contributed by atoms with Gasteiger partial charge in [-0.15, -0.1) is 0 Å². The van der Waals surface area contributed by atoms with Crippen LogP contribution in [0.2, 0.25) is 5.02 Å². The summed E-state index contributed by atoms with van der Waals surface area (Å²) in [5, 5.41) is 0.777. The number of benzene rings is 1. The second kappa shape index (κ2) is 6.02. The van der Waals surface area contributed by atoms with E-state index in [0.29, 0.717) is 12.5 Å². The summed E-state index contributed by atoms with van der Waals surface area (Å²) in [6.45, 7) is 4.72. The van der Waals surface area contributed by atoms with E-state index in [9.17, 15) is 0 Å². The molecule has 1 aromatic carbocycles. The van der Waals surface area contributed by atoms with Crippen LogP contribution in [-0.4, -0.2) is 12.7 Å². The predicted octanol–water partition coefficient (Wildman–Crippen LogP) is 2.97. The van der Waals surface area contributed by atoms with Crippen molar-refractivity contribution in [1.29, 1.82) is 0 Å². The first-order valence-corrected chi connectivity index (χ1v) is 6.89. The molecular weight excluding hydrogens is 248 g/mol. The molecule has 1 aliphatic carbocycles. The molecule has 1 aromatic rings. The van der Waals surface area contributed by atoms with Gasteiger partial charge in [-0.25, -0.2) is 0 Å². The van der Waals surface area contributed by atoms with Crippen molar-refractivity contribution in [3.8, 4) is 0 Å². The second-order valence-corrected chi connectivity index (χ2v) is 5.32. The average Bonchev–Trinajstić information content (AvgIpc) is 3.17. The molecule has 0 bridgehead atoms. The molecule has 2 rings (SSSR count). The van der Waals surface area contributed by atoms with Gasteiger partial charge in [-0.1, -0.05) is 23.7 Å². The molecule has 0 amide bonds. The van der Waals surface area contributed by atoms with Crippen LogP contribution >= 0.6 is 11.6 Å². The molecule has 0 spiro atoms. The minimum absolute atomic E-state index is 0.00977. The highest BCUT2D eigenvalue weighted by molar-refractivity contribution is 6.31. The van der Waals surface area contributed by atoms with Gasteiger partial charge in [0.25, 0.3) is 0 Å². The molecule has 1 fully saturated rings. The Labute approximate surface area is 114 Å². The Morgan fingerprint density at radius 2 is 2.22 bits per heavy atom. The van der Waals surface area contributed by atoms with Crippen molar-refractivity contribution in [3.05, 3.63) is 34.3 Å². The summed E-state index contributed by atoms with van der Waals surface area (Å²) < 4.78 is 5.86. The fourth-order valence-corrected chi connectivity index (χ4v) is 2.49. The Hall–Kier alpha value is -0.610. The monoisotopic (exact) mass is 268 g/mol. The predicted molar refractivity (Wildman–Crippen MR) is 74.4 cm³/mol. The van der Waals surface area contributed by atoms with Crippen molar-refractivity contribution < 1.29 is 4.74 Å². The Kier molecular flexibility index (Phi) is 4.62. The van der Waals surface area contributed by atoms with Crippen molar-refractivity contribution in [2.75, 3.05) is 6.61 Å². The fourth-order valence-electron chi connectivity index (χ4n) is 2.30. The molecule has 3 nitrogen and oxygen atoms in total. The summed E-state index contributed by atoms with van der Waals surface area (Å²) in [4.78, 5) is 0. The SMILES string of the molecule is CCOC(C1CC1)C(NN)c1ccc(C)c(Cl)c1. The molecule has 0 aliphatic heterocycles. The number of hydrazine groups is 1. The molecular formula is C14H21ClN2O. The Morgan fingerprint density at radius 1 is 1.50 bits per heavy atom. The first kappa shape index (κ1) is 13.8. The first-order chi connectivity index (χ1) is 8.67. The number of hydrogen-bond acceptors (Lipinski definition) is 3. The lowest BCUT2D eigenvalue weighted by Gasteiger charge is -2.27. The Balaban J connectivity index is 2.22. The van der Waals surface area contributed by atoms with Crippen LogP contribution in [0.25, 0.3) is 0 Å². The van der Waals surface area contributed by atoms with Crippen LogP contribution in [-0.2, 0) is 4.74 Å². The van der Waals surface area contributed by atoms with Crippen molar-refractivity contribution in [2.45, 2.75) is 38.8 Å². The number of ether oxygens (including phenoxy) is 1. The van der Waals surface area contributed by atoms with Crippen molar-refractivity contribution in [1.82, 2.24) is 5.43 Å². The van der Waals surface area contributed by atoms with Crippen LogP contribution in [0.4, 0.5) is 0 Å². The minimum Gasteiger partial charge on any atom is -0.376 e. The topological polar surface area (TPSA) is 47.3 Å². The van der Waals surface area contributed by atoms with E-state index in [1.54, 1.807) is 0 Å². The molecule has 2 unspecified atom stereocenters. The maximum atomic E-state index is 6.18. The van der Waals surface area contributed by atoms with Crippen LogP contribution in [0.5, 0.6) is 0 Å². The fraction of sp³-hybridized carbons (Fsp3) is 0.571. The molecule has 3 N–H and O–H groups in total. The smallest absolute Gasteiger partial charge is 0.0810 e. The van der Waals surface area contributed by atoms with E-state index in [4.69, 9.17) is 22.2 Å². The first-order valence-electron chi connectivity index (χ1n) is 6.51. The van der Waals surface area contributed by atoms with Crippen molar-refractivity contribution >= 4 is 11.6 Å². The van der Waals surface area contributed by atoms with Crippen LogP contribution in [0, 0.1) is 12.8 Å². The lowest BCUT2D eigenvalue weighted by atomic mass is 9.97. The van der Waals surface area contributed by atoms with Gasteiger partial charge in [0, 0.05) is 11.6 Å². The number of hydrogen-bond donors (Lipinski definition) is 2. The summed E-state index contributed by atoms with van der Waals surface area (Å²) >= 11 is 6.18. The quantitative estimate of drug-likeness (QED) is 0.616. The van der Waals surface area contributed by atoms with E-state index >= 15 is 0 Å². The van der Waals surface area contributed by atoms with Gasteiger partial charge in [0.2, 0.25) is 0 Å². The van der Waals surface area contributed by atoms with E-state index in [2.05, 4.69) is 11.5 Å². The Bertz CT molecular complexity index is 407. The highest BCUT2D eigenvalue weighted by Crippen LogP contribution is 2.40. The summed E-state index contributed by atoms with van der Waals surface area (Å²) in [5.74, 6) is 6.33. The molecule has 1 saturated carbocycles. The van der Waals surface area contributed by atoms with Gasteiger partial charge in [-0.3, -0.25) is 11.3 Å². The van der Waals surface area contributed by atoms with Crippen LogP contribution < -0.4 is 11.3 Å². The van der Waals surface area contributed by atoms with Gasteiger partial charge in [0.05, 0.1) is 12.1 Å². The maximum Gasteiger partial charge on any atom is 0.0810 e. The molecule has 0 aromatic heterocycles. The summed E-state index contributed by atoms with van der Waals surface area (Å²) in [6.07, 6.45) is 2.59. The lowest BCUT2D eigenvalue weighted by Crippen LogP contribution is -2.39. The summed E-state index contributed by atoms with van der Waals surface area (Å²) in [6, 6.07) is 6.09. The molecule has 4 heteroatoms. The maximum absolute atomic E-state index is 6.18. The zero-order chi connectivity index (χ0) is 13.1. The molecule has 0 radical (unpaired) electrons. The average molecular weight is 269 g/mol. The van der Waals surface area contributed by atoms with Gasteiger partial charge in [-0.05, 0) is 49.8 Å². The second-order valence-electron chi connectivity index (χ2n) is 4.91. The molecule has 18 heavy (non-hydrogen) atoms. The number of rotatable bonds is 6. The van der Waals surface area contributed by atoms with Crippen molar-refractivity contribution in [2.24, 2.45) is 11.8 Å². The van der Waals surface area contributed by atoms with E-state index < -0.39 is 0 Å². The molecule has 100 valence electrons. The normalized spacial score (nSPS) is 18.7.